The molecule has 3 heterocycles. The summed E-state index contributed by atoms with van der Waals surface area (Å²) in [5.41, 5.74) is 7.12. The van der Waals surface area contributed by atoms with Crippen LogP contribution < -0.4 is 0 Å². The third-order valence-corrected chi connectivity index (χ3v) is 8.37. The Hall–Kier alpha value is -5.74. The van der Waals surface area contributed by atoms with Crippen molar-refractivity contribution in [2.24, 2.45) is 0 Å². The molecule has 9 rings (SSSR count). The fourth-order valence-corrected chi connectivity index (χ4v) is 6.41. The molecule has 0 N–H and O–H groups in total. The van der Waals surface area contributed by atoms with Gasteiger partial charge in [-0.2, -0.15) is 0 Å². The number of hydrogen-bond donors (Lipinski definition) is 0. The van der Waals surface area contributed by atoms with Gasteiger partial charge in [0.05, 0.1) is 16.7 Å². The minimum atomic E-state index is 0.713. The summed E-state index contributed by atoms with van der Waals surface area (Å²) in [4.78, 5) is 18.7. The second-order valence-electron chi connectivity index (χ2n) is 10.7. The molecule has 0 saturated heterocycles. The lowest BCUT2D eigenvalue weighted by molar-refractivity contribution is 1.18. The average molecular weight is 535 g/mol. The number of hydrogen-bond acceptors (Lipinski definition) is 4. The number of pyridine rings is 2. The van der Waals surface area contributed by atoms with Crippen LogP contribution in [0.4, 0.5) is 0 Å². The number of rotatable bonds is 3. The minimum Gasteiger partial charge on any atom is -0.254 e. The van der Waals surface area contributed by atoms with Crippen molar-refractivity contribution in [3.05, 3.63) is 134 Å². The molecule has 0 aliphatic heterocycles. The summed E-state index contributed by atoms with van der Waals surface area (Å²) in [5.74, 6) is 0.713. The third kappa shape index (κ3) is 3.42. The molecule has 0 aliphatic carbocycles. The molecule has 9 aromatic rings. The van der Waals surface area contributed by atoms with Crippen LogP contribution in [0.3, 0.4) is 0 Å². The molecule has 0 atom stereocenters. The van der Waals surface area contributed by atoms with E-state index in [0.717, 1.165) is 38.6 Å². The Morgan fingerprint density at radius 2 is 1.10 bits per heavy atom. The number of aromatic nitrogens is 4. The molecule has 0 aliphatic rings. The van der Waals surface area contributed by atoms with Crippen LogP contribution in [-0.4, -0.2) is 19.9 Å². The minimum absolute atomic E-state index is 0.713. The van der Waals surface area contributed by atoms with Gasteiger partial charge in [0, 0.05) is 40.5 Å². The van der Waals surface area contributed by atoms with Gasteiger partial charge in [-0.05, 0) is 67.7 Å². The first kappa shape index (κ1) is 23.0. The van der Waals surface area contributed by atoms with Gasteiger partial charge in [-0.15, -0.1) is 0 Å². The van der Waals surface area contributed by atoms with E-state index in [0.29, 0.717) is 5.82 Å². The summed E-state index contributed by atoms with van der Waals surface area (Å²) in [6.45, 7) is 0. The summed E-state index contributed by atoms with van der Waals surface area (Å²) in [5, 5.41) is 9.88. The topological polar surface area (TPSA) is 51.6 Å². The van der Waals surface area contributed by atoms with Crippen molar-refractivity contribution in [1.82, 2.24) is 19.9 Å². The van der Waals surface area contributed by atoms with Crippen LogP contribution in [0.1, 0.15) is 0 Å². The van der Waals surface area contributed by atoms with Gasteiger partial charge in [-0.3, -0.25) is 4.98 Å². The van der Waals surface area contributed by atoms with E-state index in [2.05, 4.69) is 101 Å². The number of nitrogens with zero attached hydrogens (tertiary/aromatic N) is 4. The van der Waals surface area contributed by atoms with Crippen LogP contribution in [0, 0.1) is 0 Å². The fraction of sp³-hybridized carbons (Fsp3) is 0. The average Bonchev–Trinajstić information content (AvgIpc) is 3.07. The van der Waals surface area contributed by atoms with Crippen LogP contribution in [-0.2, 0) is 0 Å². The van der Waals surface area contributed by atoms with Crippen LogP contribution >= 0.6 is 0 Å². The Bertz CT molecular complexity index is 2430. The largest absolute Gasteiger partial charge is 0.254 e. The molecule has 0 unspecified atom stereocenters. The molecule has 3 aromatic heterocycles. The monoisotopic (exact) mass is 534 g/mol. The van der Waals surface area contributed by atoms with E-state index in [1.807, 2.05) is 30.5 Å². The highest BCUT2D eigenvalue weighted by atomic mass is 14.8. The van der Waals surface area contributed by atoms with Crippen molar-refractivity contribution >= 4 is 54.1 Å². The summed E-state index contributed by atoms with van der Waals surface area (Å²) in [6.07, 6.45) is 5.38. The maximum absolute atomic E-state index is 5.15. The smallest absolute Gasteiger partial charge is 0.159 e. The molecule has 4 heteroatoms. The lowest BCUT2D eigenvalue weighted by Crippen LogP contribution is -1.93. The van der Waals surface area contributed by atoms with Crippen LogP contribution in [0.2, 0.25) is 0 Å². The SMILES string of the molecule is c1cnc(-c2ccc(-c3ccc4cc(-c5ccc6ccc7cccc8ccc5c6c78)c5cccnc5c4n3)cc2)nc1. The van der Waals surface area contributed by atoms with Gasteiger partial charge in [0.2, 0.25) is 0 Å². The van der Waals surface area contributed by atoms with E-state index >= 15 is 0 Å². The summed E-state index contributed by atoms with van der Waals surface area (Å²) < 4.78 is 0. The quantitative estimate of drug-likeness (QED) is 0.212. The van der Waals surface area contributed by atoms with E-state index in [-0.39, 0.29) is 0 Å². The van der Waals surface area contributed by atoms with Crippen molar-refractivity contribution in [1.29, 1.82) is 0 Å². The van der Waals surface area contributed by atoms with Crippen molar-refractivity contribution in [2.45, 2.75) is 0 Å². The van der Waals surface area contributed by atoms with Gasteiger partial charge in [0.15, 0.2) is 5.82 Å². The Morgan fingerprint density at radius 3 is 1.93 bits per heavy atom. The van der Waals surface area contributed by atoms with Gasteiger partial charge in [-0.25, -0.2) is 15.0 Å². The molecule has 194 valence electrons. The highest BCUT2D eigenvalue weighted by molar-refractivity contribution is 6.26. The third-order valence-electron chi connectivity index (χ3n) is 8.37. The maximum Gasteiger partial charge on any atom is 0.159 e. The van der Waals surface area contributed by atoms with Gasteiger partial charge in [-0.1, -0.05) is 91.0 Å². The molecule has 0 spiro atoms. The van der Waals surface area contributed by atoms with E-state index in [1.54, 1.807) is 12.4 Å². The van der Waals surface area contributed by atoms with Crippen molar-refractivity contribution in [3.8, 4) is 33.8 Å². The van der Waals surface area contributed by atoms with Gasteiger partial charge in [0.1, 0.15) is 0 Å². The summed E-state index contributed by atoms with van der Waals surface area (Å²) >= 11 is 0. The van der Waals surface area contributed by atoms with Crippen LogP contribution in [0.25, 0.3) is 87.9 Å². The van der Waals surface area contributed by atoms with Crippen molar-refractivity contribution in [3.63, 3.8) is 0 Å². The fourth-order valence-electron chi connectivity index (χ4n) is 6.41. The first-order chi connectivity index (χ1) is 20.8. The lowest BCUT2D eigenvalue weighted by atomic mass is 9.88. The number of benzene rings is 6. The molecule has 0 radical (unpaired) electrons. The molecule has 6 aromatic carbocycles. The zero-order valence-corrected chi connectivity index (χ0v) is 22.5. The molecule has 0 bridgehead atoms. The first-order valence-electron chi connectivity index (χ1n) is 14.1. The molecular formula is C38H22N4. The molecule has 0 amide bonds. The highest BCUT2D eigenvalue weighted by Gasteiger charge is 2.16. The van der Waals surface area contributed by atoms with Crippen molar-refractivity contribution < 1.29 is 0 Å². The Labute approximate surface area is 241 Å². The first-order valence-corrected chi connectivity index (χ1v) is 14.1. The summed E-state index contributed by atoms with van der Waals surface area (Å²) in [7, 11) is 0. The zero-order valence-electron chi connectivity index (χ0n) is 22.5. The van der Waals surface area contributed by atoms with Gasteiger partial charge in [0.25, 0.3) is 0 Å². The highest BCUT2D eigenvalue weighted by Crippen LogP contribution is 2.42. The maximum atomic E-state index is 5.15. The predicted molar refractivity (Wildman–Crippen MR) is 173 cm³/mol. The van der Waals surface area contributed by atoms with Crippen LogP contribution in [0.5, 0.6) is 0 Å². The molecule has 4 nitrogen and oxygen atoms in total. The molecular weight excluding hydrogens is 512 g/mol. The molecule has 42 heavy (non-hydrogen) atoms. The van der Waals surface area contributed by atoms with Crippen LogP contribution in [0.15, 0.2) is 134 Å². The zero-order chi connectivity index (χ0) is 27.6. The Balaban J connectivity index is 1.24. The van der Waals surface area contributed by atoms with Gasteiger partial charge >= 0.3 is 0 Å². The second-order valence-corrected chi connectivity index (χ2v) is 10.7. The van der Waals surface area contributed by atoms with E-state index in [1.165, 1.54) is 43.4 Å². The molecule has 0 fully saturated rings. The van der Waals surface area contributed by atoms with Gasteiger partial charge < -0.3 is 0 Å². The van der Waals surface area contributed by atoms with E-state index in [4.69, 9.17) is 9.97 Å². The Morgan fingerprint density at radius 1 is 0.405 bits per heavy atom. The normalized spacial score (nSPS) is 11.8. The Kier molecular flexibility index (Phi) is 4.87. The van der Waals surface area contributed by atoms with Crippen molar-refractivity contribution in [2.75, 3.05) is 0 Å². The second kappa shape index (κ2) is 8.88. The number of fused-ring (bicyclic) bond motifs is 3. The standard InChI is InChI=1S/C38H22N4/c1-4-24-9-10-26-13-16-29(30-17-14-25(5-1)34(24)35(26)30)32-22-28-15-18-33(42-36(28)37-31(32)6-2-19-39-37)23-7-11-27(12-8-23)38-40-20-3-21-41-38/h1-22H. The summed E-state index contributed by atoms with van der Waals surface area (Å²) in [6, 6.07) is 40.8. The predicted octanol–water partition coefficient (Wildman–Crippen LogP) is 9.47. The van der Waals surface area contributed by atoms with E-state index < -0.39 is 0 Å². The molecule has 0 saturated carbocycles. The lowest BCUT2D eigenvalue weighted by Gasteiger charge is -2.16. The van der Waals surface area contributed by atoms with E-state index in [9.17, 15) is 0 Å².